The van der Waals surface area contributed by atoms with Crippen LogP contribution in [0.1, 0.15) is 12.5 Å². The highest BCUT2D eigenvalue weighted by molar-refractivity contribution is 5.94. The Balaban J connectivity index is 1.70. The van der Waals surface area contributed by atoms with Gasteiger partial charge in [0.25, 0.3) is 5.89 Å². The van der Waals surface area contributed by atoms with Crippen molar-refractivity contribution in [2.75, 3.05) is 19.8 Å². The largest absolute Gasteiger partial charge is 0.494 e. The van der Waals surface area contributed by atoms with Crippen LogP contribution in [-0.2, 0) is 6.54 Å². The molecule has 4 rings (SSSR count). The highest BCUT2D eigenvalue weighted by Crippen LogP contribution is 2.31. The molecule has 0 atom stereocenters. The molecule has 0 saturated heterocycles. The van der Waals surface area contributed by atoms with Crippen LogP contribution >= 0.6 is 0 Å². The third-order valence-electron chi connectivity index (χ3n) is 5.33. The Labute approximate surface area is 179 Å². The fourth-order valence-electron chi connectivity index (χ4n) is 3.54. The maximum absolute atomic E-state index is 9.53. The lowest BCUT2D eigenvalue weighted by Gasteiger charge is -2.25. The summed E-state index contributed by atoms with van der Waals surface area (Å²) in [5, 5.41) is 24.2. The minimum absolute atomic E-state index is 0.272. The van der Waals surface area contributed by atoms with Gasteiger partial charge in [-0.15, -0.1) is 0 Å². The van der Waals surface area contributed by atoms with E-state index in [0.29, 0.717) is 18.3 Å². The molecule has 2 heterocycles. The SMILES string of the molecule is CCOc1cc(-c2nc(-c3cccc4c3ccn4CC(N)(CO)CO)no2)ccc1C. The van der Waals surface area contributed by atoms with Crippen molar-refractivity contribution in [1.82, 2.24) is 14.7 Å². The van der Waals surface area contributed by atoms with Crippen LogP contribution in [0, 0.1) is 6.92 Å². The van der Waals surface area contributed by atoms with Crippen LogP contribution in [0.2, 0.25) is 0 Å². The molecule has 8 nitrogen and oxygen atoms in total. The number of aryl methyl sites for hydroxylation is 1. The van der Waals surface area contributed by atoms with Gasteiger partial charge in [-0.1, -0.05) is 23.4 Å². The first-order valence-electron chi connectivity index (χ1n) is 10.1. The summed E-state index contributed by atoms with van der Waals surface area (Å²) in [7, 11) is 0. The quantitative estimate of drug-likeness (QED) is 0.399. The van der Waals surface area contributed by atoms with E-state index < -0.39 is 5.54 Å². The van der Waals surface area contributed by atoms with Gasteiger partial charge in [0.1, 0.15) is 5.75 Å². The lowest BCUT2D eigenvalue weighted by Crippen LogP contribution is -2.50. The molecule has 0 spiro atoms. The van der Waals surface area contributed by atoms with Crippen molar-refractivity contribution in [3.05, 3.63) is 54.2 Å². The van der Waals surface area contributed by atoms with Crippen LogP contribution in [0.5, 0.6) is 5.75 Å². The second kappa shape index (κ2) is 8.50. The third-order valence-corrected chi connectivity index (χ3v) is 5.33. The first kappa shape index (κ1) is 21.0. The van der Waals surface area contributed by atoms with Crippen LogP contribution < -0.4 is 10.5 Å². The number of ether oxygens (including phenoxy) is 1. The lowest BCUT2D eigenvalue weighted by atomic mass is 10.0. The maximum Gasteiger partial charge on any atom is 0.258 e. The Kier molecular flexibility index (Phi) is 5.77. The average molecular weight is 422 g/mol. The van der Waals surface area contributed by atoms with Crippen LogP contribution in [-0.4, -0.2) is 50.3 Å². The fourth-order valence-corrected chi connectivity index (χ4v) is 3.54. The number of rotatable bonds is 8. The summed E-state index contributed by atoms with van der Waals surface area (Å²) in [6, 6.07) is 13.5. The van der Waals surface area contributed by atoms with Gasteiger partial charge in [-0.05, 0) is 43.7 Å². The van der Waals surface area contributed by atoms with Crippen LogP contribution in [0.4, 0.5) is 0 Å². The number of hydrogen-bond donors (Lipinski definition) is 3. The summed E-state index contributed by atoms with van der Waals surface area (Å²) in [6.45, 7) is 4.14. The van der Waals surface area contributed by atoms with E-state index >= 15 is 0 Å². The Bertz CT molecular complexity index is 1190. The van der Waals surface area contributed by atoms with E-state index in [0.717, 1.165) is 33.3 Å². The highest BCUT2D eigenvalue weighted by Gasteiger charge is 2.25. The molecular formula is C23H26N4O4. The molecule has 0 saturated carbocycles. The van der Waals surface area contributed by atoms with Gasteiger partial charge in [0.05, 0.1) is 25.4 Å². The lowest BCUT2D eigenvalue weighted by molar-refractivity contribution is 0.109. The summed E-state index contributed by atoms with van der Waals surface area (Å²) in [6.07, 6.45) is 1.87. The number of fused-ring (bicyclic) bond motifs is 1. The number of nitrogens with two attached hydrogens (primary N) is 1. The van der Waals surface area contributed by atoms with E-state index in [4.69, 9.17) is 15.0 Å². The van der Waals surface area contributed by atoms with Crippen molar-refractivity contribution in [2.45, 2.75) is 25.9 Å². The number of aromatic nitrogens is 3. The minimum Gasteiger partial charge on any atom is -0.494 e. The Morgan fingerprint density at radius 1 is 1.16 bits per heavy atom. The Morgan fingerprint density at radius 3 is 2.71 bits per heavy atom. The molecule has 4 aromatic rings. The fraction of sp³-hybridized carbons (Fsp3) is 0.304. The Hall–Kier alpha value is -3.20. The molecule has 2 aromatic heterocycles. The second-order valence-corrected chi connectivity index (χ2v) is 7.70. The predicted molar refractivity (Wildman–Crippen MR) is 118 cm³/mol. The van der Waals surface area contributed by atoms with Crippen molar-refractivity contribution in [1.29, 1.82) is 0 Å². The number of benzene rings is 2. The van der Waals surface area contributed by atoms with Gasteiger partial charge in [0.2, 0.25) is 5.82 Å². The van der Waals surface area contributed by atoms with E-state index in [1.54, 1.807) is 0 Å². The molecule has 0 amide bonds. The molecule has 0 aliphatic carbocycles. The zero-order valence-electron chi connectivity index (χ0n) is 17.6. The number of aliphatic hydroxyl groups is 2. The number of aliphatic hydroxyl groups excluding tert-OH is 2. The number of nitrogens with zero attached hydrogens (tertiary/aromatic N) is 3. The van der Waals surface area contributed by atoms with Gasteiger partial charge in [-0.25, -0.2) is 0 Å². The number of hydrogen-bond acceptors (Lipinski definition) is 7. The molecule has 0 fully saturated rings. The third kappa shape index (κ3) is 4.05. The van der Waals surface area contributed by atoms with Crippen LogP contribution in [0.3, 0.4) is 0 Å². The van der Waals surface area contributed by atoms with Crippen molar-refractivity contribution in [3.8, 4) is 28.6 Å². The Morgan fingerprint density at radius 2 is 1.97 bits per heavy atom. The minimum atomic E-state index is -1.11. The van der Waals surface area contributed by atoms with Gasteiger partial charge in [-0.3, -0.25) is 0 Å². The maximum atomic E-state index is 9.53. The molecule has 2 aromatic carbocycles. The van der Waals surface area contributed by atoms with Crippen LogP contribution in [0.15, 0.2) is 53.2 Å². The van der Waals surface area contributed by atoms with E-state index in [1.165, 1.54) is 0 Å². The van der Waals surface area contributed by atoms with E-state index in [9.17, 15) is 10.2 Å². The van der Waals surface area contributed by atoms with Gasteiger partial charge >= 0.3 is 0 Å². The molecule has 162 valence electrons. The highest BCUT2D eigenvalue weighted by atomic mass is 16.5. The molecule has 8 heteroatoms. The molecule has 0 unspecified atom stereocenters. The summed E-state index contributed by atoms with van der Waals surface area (Å²) >= 11 is 0. The van der Waals surface area contributed by atoms with Gasteiger partial charge in [-0.2, -0.15) is 4.98 Å². The second-order valence-electron chi connectivity index (χ2n) is 7.70. The zero-order chi connectivity index (χ0) is 22.0. The van der Waals surface area contributed by atoms with E-state index in [1.807, 2.05) is 67.1 Å². The molecule has 4 N–H and O–H groups in total. The van der Waals surface area contributed by atoms with E-state index in [-0.39, 0.29) is 19.8 Å². The zero-order valence-corrected chi connectivity index (χ0v) is 17.6. The van der Waals surface area contributed by atoms with Gasteiger partial charge in [0.15, 0.2) is 0 Å². The van der Waals surface area contributed by atoms with Gasteiger partial charge in [0, 0.05) is 34.8 Å². The van der Waals surface area contributed by atoms with E-state index in [2.05, 4.69) is 10.1 Å². The molecular weight excluding hydrogens is 396 g/mol. The molecule has 0 aliphatic rings. The topological polar surface area (TPSA) is 120 Å². The summed E-state index contributed by atoms with van der Waals surface area (Å²) in [4.78, 5) is 4.60. The average Bonchev–Trinajstić information content (AvgIpc) is 3.43. The molecule has 0 bridgehead atoms. The monoisotopic (exact) mass is 422 g/mol. The smallest absolute Gasteiger partial charge is 0.258 e. The van der Waals surface area contributed by atoms with Crippen molar-refractivity contribution in [3.63, 3.8) is 0 Å². The van der Waals surface area contributed by atoms with Gasteiger partial charge < -0.3 is 29.8 Å². The van der Waals surface area contributed by atoms with Crippen molar-refractivity contribution >= 4 is 10.9 Å². The first-order valence-corrected chi connectivity index (χ1v) is 10.1. The summed E-state index contributed by atoms with van der Waals surface area (Å²) in [5.41, 5.74) is 8.51. The summed E-state index contributed by atoms with van der Waals surface area (Å²) in [5.74, 6) is 1.67. The predicted octanol–water partition coefficient (Wildman–Crippen LogP) is 2.75. The molecule has 0 radical (unpaired) electrons. The molecule has 0 aliphatic heterocycles. The molecule has 31 heavy (non-hydrogen) atoms. The normalized spacial score (nSPS) is 11.9. The first-order chi connectivity index (χ1) is 15.0. The van der Waals surface area contributed by atoms with Crippen molar-refractivity contribution < 1.29 is 19.5 Å². The van der Waals surface area contributed by atoms with Crippen LogP contribution in [0.25, 0.3) is 33.7 Å². The standard InChI is InChI=1S/C23H26N4O4/c1-3-30-20-11-16(8-7-15(20)2)22-25-21(26-31-22)18-5-4-6-19-17(18)9-10-27(19)12-23(24,13-28)14-29/h4-11,28-29H,3,12-14,24H2,1-2H3. The summed E-state index contributed by atoms with van der Waals surface area (Å²) < 4.78 is 13.1. The van der Waals surface area contributed by atoms with Crippen molar-refractivity contribution in [2.24, 2.45) is 5.73 Å².